The number of carbonyl (C=O) groups is 1. The van der Waals surface area contributed by atoms with E-state index < -0.39 is 0 Å². The van der Waals surface area contributed by atoms with Crippen LogP contribution in [-0.2, 0) is 11.2 Å². The number of ether oxygens (including phenoxy) is 1. The molecule has 0 spiro atoms. The highest BCUT2D eigenvalue weighted by Gasteiger charge is 2.13. The van der Waals surface area contributed by atoms with Crippen LogP contribution in [0.1, 0.15) is 26.5 Å². The summed E-state index contributed by atoms with van der Waals surface area (Å²) in [5.41, 5.74) is 0.197. The van der Waals surface area contributed by atoms with E-state index in [1.54, 1.807) is 13.8 Å². The van der Waals surface area contributed by atoms with Gasteiger partial charge in [-0.05, 0) is 6.42 Å². The quantitative estimate of drug-likeness (QED) is 0.752. The summed E-state index contributed by atoms with van der Waals surface area (Å²) in [6.07, 6.45) is 0.595. The largest absolute Gasteiger partial charge is 0.424 e. The summed E-state index contributed by atoms with van der Waals surface area (Å²) in [5.74, 6) is -0.342. The van der Waals surface area contributed by atoms with Gasteiger partial charge in [0.25, 0.3) is 5.56 Å². The Hall–Kier alpha value is -1.65. The summed E-state index contributed by atoms with van der Waals surface area (Å²) in [6.45, 7) is 5.33. The van der Waals surface area contributed by atoms with E-state index in [0.717, 1.165) is 0 Å². The van der Waals surface area contributed by atoms with Crippen molar-refractivity contribution in [3.63, 3.8) is 0 Å². The number of hydrogen-bond acceptors (Lipinski definition) is 4. The number of nitrogens with one attached hydrogen (secondary N) is 1. The lowest BCUT2D eigenvalue weighted by molar-refractivity contribution is -0.137. The predicted octanol–water partition coefficient (Wildman–Crippen LogP) is 0.894. The van der Waals surface area contributed by atoms with Gasteiger partial charge in [-0.1, -0.05) is 20.8 Å². The fourth-order valence-corrected chi connectivity index (χ4v) is 0.980. The second-order valence-electron chi connectivity index (χ2n) is 3.47. The van der Waals surface area contributed by atoms with Crippen LogP contribution in [0.25, 0.3) is 0 Å². The number of aromatic amines is 1. The molecule has 0 unspecified atom stereocenters. The topological polar surface area (TPSA) is 72.1 Å². The lowest BCUT2D eigenvalue weighted by Crippen LogP contribution is -2.18. The Morgan fingerprint density at radius 3 is 2.80 bits per heavy atom. The number of nitrogens with zero attached hydrogens (tertiary/aromatic N) is 1. The monoisotopic (exact) mass is 210 g/mol. The Morgan fingerprint density at radius 2 is 2.27 bits per heavy atom. The number of aromatic nitrogens is 2. The minimum Gasteiger partial charge on any atom is -0.424 e. The molecule has 5 nitrogen and oxygen atoms in total. The van der Waals surface area contributed by atoms with E-state index in [4.69, 9.17) is 4.74 Å². The van der Waals surface area contributed by atoms with Crippen LogP contribution in [0.2, 0.25) is 0 Å². The van der Waals surface area contributed by atoms with Gasteiger partial charge in [0, 0.05) is 6.07 Å². The van der Waals surface area contributed by atoms with Crippen molar-refractivity contribution in [1.82, 2.24) is 10.2 Å². The molecule has 0 aliphatic carbocycles. The van der Waals surface area contributed by atoms with Crippen molar-refractivity contribution in [1.29, 1.82) is 0 Å². The van der Waals surface area contributed by atoms with Gasteiger partial charge in [-0.15, -0.1) is 0 Å². The number of H-pyrrole nitrogens is 1. The molecule has 0 radical (unpaired) electrons. The summed E-state index contributed by atoms with van der Waals surface area (Å²) in [5, 5.41) is 6.09. The standard InChI is InChI=1S/C10H14N2O3/c1-4-7-8(5-9(13)12-11-7)15-10(14)6(2)3/h5-6H,4H2,1-3H3,(H,12,13). The SMILES string of the molecule is CCc1n[nH]c(=O)cc1OC(=O)C(C)C. The van der Waals surface area contributed by atoms with E-state index in [9.17, 15) is 9.59 Å². The van der Waals surface area contributed by atoms with Crippen molar-refractivity contribution in [2.75, 3.05) is 0 Å². The van der Waals surface area contributed by atoms with Crippen LogP contribution in [0.4, 0.5) is 0 Å². The lowest BCUT2D eigenvalue weighted by atomic mass is 10.2. The van der Waals surface area contributed by atoms with Crippen molar-refractivity contribution in [3.05, 3.63) is 22.1 Å². The van der Waals surface area contributed by atoms with E-state index >= 15 is 0 Å². The molecular formula is C10H14N2O3. The molecule has 0 amide bonds. The van der Waals surface area contributed by atoms with Crippen molar-refractivity contribution < 1.29 is 9.53 Å². The molecule has 1 aromatic heterocycles. The third-order valence-electron chi connectivity index (χ3n) is 1.86. The Kier molecular flexibility index (Phi) is 3.60. The van der Waals surface area contributed by atoms with Crippen LogP contribution in [0.15, 0.2) is 10.9 Å². The first-order chi connectivity index (χ1) is 7.04. The van der Waals surface area contributed by atoms with E-state index in [1.165, 1.54) is 6.07 Å². The van der Waals surface area contributed by atoms with Gasteiger partial charge in [0.2, 0.25) is 0 Å². The highest BCUT2D eigenvalue weighted by Crippen LogP contribution is 2.14. The molecule has 82 valence electrons. The van der Waals surface area contributed by atoms with Crippen molar-refractivity contribution >= 4 is 5.97 Å². The highest BCUT2D eigenvalue weighted by molar-refractivity contribution is 5.74. The zero-order valence-electron chi connectivity index (χ0n) is 9.03. The lowest BCUT2D eigenvalue weighted by Gasteiger charge is -2.08. The molecule has 0 fully saturated rings. The summed E-state index contributed by atoms with van der Waals surface area (Å²) < 4.78 is 5.06. The van der Waals surface area contributed by atoms with Gasteiger partial charge >= 0.3 is 5.97 Å². The van der Waals surface area contributed by atoms with E-state index in [0.29, 0.717) is 12.1 Å². The number of hydrogen-bond donors (Lipinski definition) is 1. The fourth-order valence-electron chi connectivity index (χ4n) is 0.980. The smallest absolute Gasteiger partial charge is 0.313 e. The van der Waals surface area contributed by atoms with Crippen LogP contribution < -0.4 is 10.3 Å². The normalized spacial score (nSPS) is 10.4. The Morgan fingerprint density at radius 1 is 1.60 bits per heavy atom. The Balaban J connectivity index is 2.97. The maximum absolute atomic E-state index is 11.3. The molecule has 0 aromatic carbocycles. The van der Waals surface area contributed by atoms with Gasteiger partial charge in [0.15, 0.2) is 5.75 Å². The summed E-state index contributed by atoms with van der Waals surface area (Å²) in [7, 11) is 0. The van der Waals surface area contributed by atoms with Gasteiger partial charge < -0.3 is 4.74 Å². The number of carbonyl (C=O) groups excluding carboxylic acids is 1. The molecule has 0 atom stereocenters. The van der Waals surface area contributed by atoms with Gasteiger partial charge in [-0.2, -0.15) is 5.10 Å². The maximum Gasteiger partial charge on any atom is 0.313 e. The van der Waals surface area contributed by atoms with Crippen LogP contribution in [0.5, 0.6) is 5.75 Å². The molecule has 1 rings (SSSR count). The minimum atomic E-state index is -0.376. The Bertz CT molecular complexity index is 409. The third-order valence-corrected chi connectivity index (χ3v) is 1.86. The van der Waals surface area contributed by atoms with Crippen molar-refractivity contribution in [2.24, 2.45) is 5.92 Å². The molecule has 1 aromatic rings. The number of aryl methyl sites for hydroxylation is 1. The maximum atomic E-state index is 11.3. The summed E-state index contributed by atoms with van der Waals surface area (Å²) >= 11 is 0. The first-order valence-electron chi connectivity index (χ1n) is 4.85. The van der Waals surface area contributed by atoms with Crippen LogP contribution in [0, 0.1) is 5.92 Å². The average molecular weight is 210 g/mol. The summed E-state index contributed by atoms with van der Waals surface area (Å²) in [4.78, 5) is 22.3. The Labute approximate surface area is 87.5 Å². The van der Waals surface area contributed by atoms with Gasteiger partial charge in [0.1, 0.15) is 5.69 Å². The molecule has 0 bridgehead atoms. The molecule has 1 heterocycles. The van der Waals surface area contributed by atoms with E-state index in [2.05, 4.69) is 10.2 Å². The zero-order chi connectivity index (χ0) is 11.4. The molecular weight excluding hydrogens is 196 g/mol. The van der Waals surface area contributed by atoms with Crippen LogP contribution in [0.3, 0.4) is 0 Å². The number of esters is 1. The molecule has 0 aliphatic rings. The van der Waals surface area contributed by atoms with Gasteiger partial charge in [0.05, 0.1) is 5.92 Å². The minimum absolute atomic E-state index is 0.228. The highest BCUT2D eigenvalue weighted by atomic mass is 16.5. The molecule has 0 saturated carbocycles. The zero-order valence-corrected chi connectivity index (χ0v) is 9.03. The third kappa shape index (κ3) is 2.90. The summed E-state index contributed by atoms with van der Waals surface area (Å²) in [6, 6.07) is 1.24. The first-order valence-corrected chi connectivity index (χ1v) is 4.85. The first kappa shape index (κ1) is 11.4. The molecule has 15 heavy (non-hydrogen) atoms. The number of rotatable bonds is 3. The van der Waals surface area contributed by atoms with Crippen LogP contribution >= 0.6 is 0 Å². The van der Waals surface area contributed by atoms with Crippen LogP contribution in [-0.4, -0.2) is 16.2 Å². The molecule has 0 saturated heterocycles. The van der Waals surface area contributed by atoms with E-state index in [1.807, 2.05) is 6.92 Å². The van der Waals surface area contributed by atoms with Gasteiger partial charge in [-0.3, -0.25) is 9.59 Å². The second-order valence-corrected chi connectivity index (χ2v) is 3.47. The average Bonchev–Trinajstić information content (AvgIpc) is 2.18. The predicted molar refractivity (Wildman–Crippen MR) is 54.7 cm³/mol. The molecule has 0 aliphatic heterocycles. The molecule has 5 heteroatoms. The van der Waals surface area contributed by atoms with Gasteiger partial charge in [-0.25, -0.2) is 5.10 Å². The molecule has 1 N–H and O–H groups in total. The second kappa shape index (κ2) is 4.72. The van der Waals surface area contributed by atoms with E-state index in [-0.39, 0.29) is 23.2 Å². The fraction of sp³-hybridized carbons (Fsp3) is 0.500. The van der Waals surface area contributed by atoms with Crippen molar-refractivity contribution in [3.8, 4) is 5.75 Å². The van der Waals surface area contributed by atoms with Crippen molar-refractivity contribution in [2.45, 2.75) is 27.2 Å².